The zero-order valence-corrected chi connectivity index (χ0v) is 10.2. The molecule has 0 amide bonds. The Morgan fingerprint density at radius 2 is 2.00 bits per heavy atom. The third kappa shape index (κ3) is 6.03. The van der Waals surface area contributed by atoms with Crippen molar-refractivity contribution in [1.29, 1.82) is 0 Å². The third-order valence-electron chi connectivity index (χ3n) is 2.17. The van der Waals surface area contributed by atoms with Gasteiger partial charge in [-0.05, 0) is 12.8 Å². The zero-order valence-electron chi connectivity index (χ0n) is 10.2. The fourth-order valence-electron chi connectivity index (χ4n) is 1.27. The van der Waals surface area contributed by atoms with Crippen LogP contribution in [0.5, 0.6) is 0 Å². The molecule has 6 heteroatoms. The van der Waals surface area contributed by atoms with Crippen molar-refractivity contribution in [3.05, 3.63) is 12.4 Å². The summed E-state index contributed by atoms with van der Waals surface area (Å²) in [7, 11) is 1.67. The second-order valence-electron chi connectivity index (χ2n) is 3.53. The summed E-state index contributed by atoms with van der Waals surface area (Å²) in [6.45, 7) is 2.87. The average Bonchev–Trinajstić information content (AvgIpc) is 2.35. The molecule has 0 saturated heterocycles. The summed E-state index contributed by atoms with van der Waals surface area (Å²) in [6, 6.07) is 0. The Balaban J connectivity index is 1.99. The van der Waals surface area contributed by atoms with Gasteiger partial charge < -0.3 is 20.5 Å². The molecule has 1 aromatic heterocycles. The number of aromatic nitrogens is 2. The lowest BCUT2D eigenvalue weighted by atomic mass is 10.3. The Hall–Kier alpha value is -1.40. The van der Waals surface area contributed by atoms with Gasteiger partial charge in [-0.2, -0.15) is 0 Å². The molecular formula is C11H20N4O2. The number of nitrogens with two attached hydrogens (primary N) is 1. The monoisotopic (exact) mass is 240 g/mol. The van der Waals surface area contributed by atoms with Crippen LogP contribution >= 0.6 is 0 Å². The van der Waals surface area contributed by atoms with Crippen LogP contribution in [0, 0.1) is 0 Å². The Bertz CT molecular complexity index is 309. The van der Waals surface area contributed by atoms with Gasteiger partial charge in [0.05, 0.1) is 13.2 Å². The molecule has 1 rings (SSSR count). The second-order valence-corrected chi connectivity index (χ2v) is 3.53. The maximum atomic E-state index is 5.64. The van der Waals surface area contributed by atoms with E-state index >= 15 is 0 Å². The molecule has 0 aliphatic carbocycles. The Labute approximate surface area is 102 Å². The largest absolute Gasteiger partial charge is 0.382 e. The molecular weight excluding hydrogens is 220 g/mol. The van der Waals surface area contributed by atoms with Gasteiger partial charge in [0.2, 0.25) is 0 Å². The summed E-state index contributed by atoms with van der Waals surface area (Å²) in [4.78, 5) is 8.03. The van der Waals surface area contributed by atoms with E-state index in [2.05, 4.69) is 15.3 Å². The van der Waals surface area contributed by atoms with E-state index in [0.717, 1.165) is 26.0 Å². The fraction of sp³-hybridized carbons (Fsp3) is 0.636. The number of ether oxygens (including phenoxy) is 2. The number of hydrogen-bond acceptors (Lipinski definition) is 6. The average molecular weight is 240 g/mol. The molecule has 0 spiro atoms. The highest BCUT2D eigenvalue weighted by atomic mass is 16.5. The molecule has 0 radical (unpaired) electrons. The fourth-order valence-corrected chi connectivity index (χ4v) is 1.27. The van der Waals surface area contributed by atoms with E-state index in [-0.39, 0.29) is 0 Å². The van der Waals surface area contributed by atoms with Crippen molar-refractivity contribution in [2.24, 2.45) is 0 Å². The summed E-state index contributed by atoms with van der Waals surface area (Å²) in [5, 5.41) is 3.14. The van der Waals surface area contributed by atoms with Crippen LogP contribution < -0.4 is 11.1 Å². The predicted octanol–water partition coefficient (Wildman–Crippen LogP) is 0.914. The highest BCUT2D eigenvalue weighted by Crippen LogP contribution is 2.09. The summed E-state index contributed by atoms with van der Waals surface area (Å²) in [5.74, 6) is 1.08. The first kappa shape index (κ1) is 13.7. The first-order valence-corrected chi connectivity index (χ1v) is 5.71. The van der Waals surface area contributed by atoms with Crippen molar-refractivity contribution >= 4 is 11.6 Å². The van der Waals surface area contributed by atoms with Crippen LogP contribution in [0.3, 0.4) is 0 Å². The van der Waals surface area contributed by atoms with Crippen molar-refractivity contribution in [1.82, 2.24) is 9.97 Å². The van der Waals surface area contributed by atoms with E-state index < -0.39 is 0 Å². The molecule has 3 N–H and O–H groups in total. The van der Waals surface area contributed by atoms with E-state index in [1.54, 1.807) is 19.5 Å². The number of nitrogens with one attached hydrogen (secondary N) is 1. The Morgan fingerprint density at radius 1 is 1.18 bits per heavy atom. The quantitative estimate of drug-likeness (QED) is 0.624. The number of nitrogen functional groups attached to an aromatic ring is 1. The normalized spacial score (nSPS) is 10.4. The van der Waals surface area contributed by atoms with Crippen LogP contribution in [0.1, 0.15) is 12.8 Å². The molecule has 0 aliphatic rings. The summed E-state index contributed by atoms with van der Waals surface area (Å²) in [6.07, 6.45) is 5.19. The molecule has 96 valence electrons. The minimum Gasteiger partial charge on any atom is -0.382 e. The number of rotatable bonds is 9. The van der Waals surface area contributed by atoms with E-state index in [4.69, 9.17) is 15.2 Å². The summed E-state index contributed by atoms with van der Waals surface area (Å²) in [5.41, 5.74) is 5.64. The minimum atomic E-state index is 0.434. The van der Waals surface area contributed by atoms with Crippen LogP contribution in [0.25, 0.3) is 0 Å². The topological polar surface area (TPSA) is 82.3 Å². The lowest BCUT2D eigenvalue weighted by molar-refractivity contribution is 0.0691. The molecule has 6 nitrogen and oxygen atoms in total. The molecule has 17 heavy (non-hydrogen) atoms. The Morgan fingerprint density at radius 3 is 2.76 bits per heavy atom. The summed E-state index contributed by atoms with van der Waals surface area (Å²) < 4.78 is 10.2. The molecule has 0 bridgehead atoms. The molecule has 1 heterocycles. The maximum absolute atomic E-state index is 5.64. The van der Waals surface area contributed by atoms with Crippen molar-refractivity contribution in [3.63, 3.8) is 0 Å². The minimum absolute atomic E-state index is 0.434. The van der Waals surface area contributed by atoms with Crippen molar-refractivity contribution in [2.75, 3.05) is 44.5 Å². The van der Waals surface area contributed by atoms with Gasteiger partial charge >= 0.3 is 0 Å². The van der Waals surface area contributed by atoms with Crippen LogP contribution in [0.2, 0.25) is 0 Å². The van der Waals surface area contributed by atoms with Gasteiger partial charge in [0.25, 0.3) is 0 Å². The van der Waals surface area contributed by atoms with Gasteiger partial charge in [0, 0.05) is 32.7 Å². The molecule has 0 saturated carbocycles. The number of nitrogens with zero attached hydrogens (tertiary/aromatic N) is 2. The lowest BCUT2D eigenvalue weighted by Gasteiger charge is -2.07. The van der Waals surface area contributed by atoms with Gasteiger partial charge in [-0.15, -0.1) is 0 Å². The van der Waals surface area contributed by atoms with Crippen molar-refractivity contribution in [2.45, 2.75) is 12.8 Å². The van der Waals surface area contributed by atoms with Gasteiger partial charge in [-0.3, -0.25) is 0 Å². The number of hydrogen-bond donors (Lipinski definition) is 2. The standard InChI is InChI=1S/C11H20N4O2/c1-16-8-9-17-7-3-2-4-14-11-10(12)13-5-6-15-11/h5-6H,2-4,7-9H2,1H3,(H2,12,13)(H,14,15). The molecule has 0 aliphatic heterocycles. The van der Waals surface area contributed by atoms with Crippen LogP contribution in [0.4, 0.5) is 11.6 Å². The van der Waals surface area contributed by atoms with E-state index in [1.165, 1.54) is 0 Å². The number of anilines is 2. The highest BCUT2D eigenvalue weighted by molar-refractivity contribution is 5.54. The molecule has 0 unspecified atom stereocenters. The number of methoxy groups -OCH3 is 1. The predicted molar refractivity (Wildman–Crippen MR) is 66.9 cm³/mol. The first-order chi connectivity index (χ1) is 8.34. The van der Waals surface area contributed by atoms with E-state index in [1.807, 2.05) is 0 Å². The third-order valence-corrected chi connectivity index (χ3v) is 2.17. The molecule has 0 atom stereocenters. The second kappa shape index (κ2) is 8.72. The highest BCUT2D eigenvalue weighted by Gasteiger charge is 1.98. The molecule has 1 aromatic rings. The van der Waals surface area contributed by atoms with E-state index in [0.29, 0.717) is 24.8 Å². The van der Waals surface area contributed by atoms with Crippen molar-refractivity contribution < 1.29 is 9.47 Å². The smallest absolute Gasteiger partial charge is 0.168 e. The van der Waals surface area contributed by atoms with Gasteiger partial charge in [0.15, 0.2) is 11.6 Å². The van der Waals surface area contributed by atoms with Crippen molar-refractivity contribution in [3.8, 4) is 0 Å². The Kier molecular flexibility index (Phi) is 7.01. The zero-order chi connectivity index (χ0) is 12.3. The van der Waals surface area contributed by atoms with Gasteiger partial charge in [0.1, 0.15) is 0 Å². The SMILES string of the molecule is COCCOCCCCNc1nccnc1N. The summed E-state index contributed by atoms with van der Waals surface area (Å²) >= 11 is 0. The lowest BCUT2D eigenvalue weighted by Crippen LogP contribution is -2.08. The molecule has 0 fully saturated rings. The maximum Gasteiger partial charge on any atom is 0.168 e. The van der Waals surface area contributed by atoms with E-state index in [9.17, 15) is 0 Å². The first-order valence-electron chi connectivity index (χ1n) is 5.71. The molecule has 0 aromatic carbocycles. The van der Waals surface area contributed by atoms with Gasteiger partial charge in [-0.1, -0.05) is 0 Å². The van der Waals surface area contributed by atoms with Gasteiger partial charge in [-0.25, -0.2) is 9.97 Å². The van der Waals surface area contributed by atoms with Crippen LogP contribution in [-0.4, -0.2) is 43.4 Å². The number of unbranched alkanes of at least 4 members (excludes halogenated alkanes) is 1. The van der Waals surface area contributed by atoms with Crippen LogP contribution in [0.15, 0.2) is 12.4 Å². The van der Waals surface area contributed by atoms with Crippen LogP contribution in [-0.2, 0) is 9.47 Å².